The molecule has 0 heterocycles. The third kappa shape index (κ3) is 9.18. The molecule has 0 atom stereocenters. The number of hydrogen-bond donors (Lipinski definition) is 0. The van der Waals surface area contributed by atoms with E-state index in [-0.39, 0.29) is 0 Å². The smallest absolute Gasteiger partial charge is 0.0793 e. The summed E-state index contributed by atoms with van der Waals surface area (Å²) < 4.78 is 0. The van der Waals surface area contributed by atoms with E-state index in [1.54, 1.807) is 12.1 Å². The van der Waals surface area contributed by atoms with Gasteiger partial charge in [0.25, 0.3) is 0 Å². The minimum absolute atomic E-state index is 0.302. The predicted molar refractivity (Wildman–Crippen MR) is 139 cm³/mol. The number of hydrogen-bond acceptors (Lipinski definition) is 0. The molecule has 0 aliphatic carbocycles. The molecule has 0 N–H and O–H groups in total. The van der Waals surface area contributed by atoms with Crippen molar-refractivity contribution < 1.29 is 0 Å². The van der Waals surface area contributed by atoms with Crippen molar-refractivity contribution in [3.8, 4) is 0 Å². The van der Waals surface area contributed by atoms with Crippen LogP contribution >= 0.6 is 139 Å². The highest BCUT2D eigenvalue weighted by Gasteiger charge is 2.06. The zero-order chi connectivity index (χ0) is 23.2. The molecule has 0 aliphatic rings. The quantitative estimate of drug-likeness (QED) is 0.168. The summed E-state index contributed by atoms with van der Waals surface area (Å²) in [6.45, 7) is 0. The number of rotatable bonds is 0. The molecule has 0 amide bonds. The average molecular weight is 648 g/mol. The first-order valence-corrected chi connectivity index (χ1v) is 11.8. The lowest BCUT2D eigenvalue weighted by Crippen LogP contribution is -1.71. The van der Waals surface area contributed by atoms with Crippen LogP contribution in [-0.2, 0) is 0 Å². The van der Waals surface area contributed by atoms with Crippen molar-refractivity contribution in [3.05, 3.63) is 96.7 Å². The molecule has 3 aromatic carbocycles. The first-order valence-electron chi connectivity index (χ1n) is 7.24. The van der Waals surface area contributed by atoms with Crippen LogP contribution in [0.3, 0.4) is 0 Å². The molecule has 3 aromatic rings. The van der Waals surface area contributed by atoms with Crippen LogP contribution < -0.4 is 0 Å². The summed E-state index contributed by atoms with van der Waals surface area (Å²) in [5.74, 6) is 0. The SMILES string of the molecule is Clc1cc(Cl)c(Cl)c(Cl)c1.Clc1cc(Cl)c(Cl)cc1Cl.Clc1ccc(Cl)c(Cl)c1Cl. The minimum Gasteiger partial charge on any atom is -0.0842 e. The molecule has 0 aromatic heterocycles. The maximum absolute atomic E-state index is 5.63. The molecule has 12 heteroatoms. The molecule has 0 unspecified atom stereocenters. The van der Waals surface area contributed by atoms with E-state index in [0.29, 0.717) is 60.3 Å². The Hall–Kier alpha value is 1.14. The Bertz CT molecular complexity index is 932. The average Bonchev–Trinajstić information content (AvgIpc) is 2.67. The van der Waals surface area contributed by atoms with E-state index in [1.807, 2.05) is 0 Å². The zero-order valence-electron chi connectivity index (χ0n) is 14.0. The first kappa shape index (κ1) is 29.2. The number of benzene rings is 3. The van der Waals surface area contributed by atoms with E-state index in [0.717, 1.165) is 0 Å². The van der Waals surface area contributed by atoms with Gasteiger partial charge >= 0.3 is 0 Å². The molecular weight excluding hydrogens is 642 g/mol. The minimum atomic E-state index is 0.302. The van der Waals surface area contributed by atoms with Crippen LogP contribution in [0.4, 0.5) is 0 Å². The molecule has 0 bridgehead atoms. The molecule has 0 aliphatic heterocycles. The summed E-state index contributed by atoms with van der Waals surface area (Å²) in [6, 6.07) is 9.28. The second-order valence-corrected chi connectivity index (χ2v) is 9.85. The lowest BCUT2D eigenvalue weighted by molar-refractivity contribution is 1.70. The highest BCUT2D eigenvalue weighted by molar-refractivity contribution is 6.52. The van der Waals surface area contributed by atoms with Gasteiger partial charge in [0.15, 0.2) is 0 Å². The highest BCUT2D eigenvalue weighted by atomic mass is 35.5. The van der Waals surface area contributed by atoms with Crippen molar-refractivity contribution in [2.24, 2.45) is 0 Å². The molecule has 30 heavy (non-hydrogen) atoms. The lowest BCUT2D eigenvalue weighted by Gasteiger charge is -1.98. The number of halogens is 12. The Labute approximate surface area is 233 Å². The molecule has 162 valence electrons. The summed E-state index contributed by atoms with van der Waals surface area (Å²) in [4.78, 5) is 0. The van der Waals surface area contributed by atoms with Crippen LogP contribution in [0.1, 0.15) is 0 Å². The van der Waals surface area contributed by atoms with E-state index >= 15 is 0 Å². The van der Waals surface area contributed by atoms with Gasteiger partial charge in [-0.2, -0.15) is 0 Å². The van der Waals surface area contributed by atoms with Gasteiger partial charge in [-0.1, -0.05) is 139 Å². The highest BCUT2D eigenvalue weighted by Crippen LogP contribution is 2.35. The fourth-order valence-electron chi connectivity index (χ4n) is 1.53. The summed E-state index contributed by atoms with van der Waals surface area (Å²) in [7, 11) is 0. The largest absolute Gasteiger partial charge is 0.0842 e. The van der Waals surface area contributed by atoms with Crippen molar-refractivity contribution >= 4 is 139 Å². The predicted octanol–water partition coefficient (Wildman–Crippen LogP) is 12.9. The van der Waals surface area contributed by atoms with Gasteiger partial charge in [0.05, 0.1) is 55.2 Å². The lowest BCUT2D eigenvalue weighted by atomic mass is 10.4. The Balaban J connectivity index is 0.000000225. The Morgan fingerprint density at radius 1 is 0.300 bits per heavy atom. The summed E-state index contributed by atoms with van der Waals surface area (Å²) in [5.41, 5.74) is 0. The third-order valence-corrected chi connectivity index (χ3v) is 7.46. The van der Waals surface area contributed by atoms with E-state index in [4.69, 9.17) is 139 Å². The van der Waals surface area contributed by atoms with Crippen LogP contribution in [0.15, 0.2) is 36.4 Å². The molecule has 3 rings (SSSR count). The van der Waals surface area contributed by atoms with Gasteiger partial charge in [0, 0.05) is 5.02 Å². The van der Waals surface area contributed by atoms with Crippen LogP contribution in [0.2, 0.25) is 60.3 Å². The van der Waals surface area contributed by atoms with Crippen molar-refractivity contribution in [1.29, 1.82) is 0 Å². The van der Waals surface area contributed by atoms with Gasteiger partial charge in [-0.3, -0.25) is 0 Å². The van der Waals surface area contributed by atoms with E-state index < -0.39 is 0 Å². The molecule has 0 saturated carbocycles. The molecule has 0 nitrogen and oxygen atoms in total. The van der Waals surface area contributed by atoms with Gasteiger partial charge in [-0.05, 0) is 36.4 Å². The molecule has 0 radical (unpaired) electrons. The fraction of sp³-hybridized carbons (Fsp3) is 0. The Morgan fingerprint density at radius 2 is 0.600 bits per heavy atom. The van der Waals surface area contributed by atoms with Crippen LogP contribution in [0.5, 0.6) is 0 Å². The van der Waals surface area contributed by atoms with Crippen LogP contribution in [0.25, 0.3) is 0 Å². The van der Waals surface area contributed by atoms with Gasteiger partial charge in [-0.25, -0.2) is 0 Å². The second-order valence-electron chi connectivity index (χ2n) is 5.02. The van der Waals surface area contributed by atoms with Crippen molar-refractivity contribution in [2.45, 2.75) is 0 Å². The van der Waals surface area contributed by atoms with Crippen molar-refractivity contribution in [1.82, 2.24) is 0 Å². The van der Waals surface area contributed by atoms with Crippen molar-refractivity contribution in [2.75, 3.05) is 0 Å². The Kier molecular flexibility index (Phi) is 13.4. The van der Waals surface area contributed by atoms with Crippen LogP contribution in [0, 0.1) is 0 Å². The van der Waals surface area contributed by atoms with Gasteiger partial charge in [0.2, 0.25) is 0 Å². The monoisotopic (exact) mass is 642 g/mol. The molecule has 0 spiro atoms. The Morgan fingerprint density at radius 3 is 0.900 bits per heavy atom. The summed E-state index contributed by atoms with van der Waals surface area (Å²) >= 11 is 67.4. The molecule has 0 fully saturated rings. The maximum atomic E-state index is 5.63. The summed E-state index contributed by atoms with van der Waals surface area (Å²) in [5, 5.41) is 4.66. The topological polar surface area (TPSA) is 0 Å². The normalized spacial score (nSPS) is 10.0. The zero-order valence-corrected chi connectivity index (χ0v) is 23.1. The van der Waals surface area contributed by atoms with E-state index in [9.17, 15) is 0 Å². The van der Waals surface area contributed by atoms with Crippen molar-refractivity contribution in [3.63, 3.8) is 0 Å². The molecule has 0 saturated heterocycles. The van der Waals surface area contributed by atoms with Crippen LogP contribution in [-0.4, -0.2) is 0 Å². The van der Waals surface area contributed by atoms with Gasteiger partial charge in [-0.15, -0.1) is 0 Å². The first-order chi connectivity index (χ1) is 13.8. The van der Waals surface area contributed by atoms with E-state index in [1.165, 1.54) is 24.3 Å². The molecular formula is C18H6Cl12. The maximum Gasteiger partial charge on any atom is 0.0793 e. The van der Waals surface area contributed by atoms with E-state index in [2.05, 4.69) is 0 Å². The van der Waals surface area contributed by atoms with Gasteiger partial charge in [0.1, 0.15) is 0 Å². The summed E-state index contributed by atoms with van der Waals surface area (Å²) in [6.07, 6.45) is 0. The standard InChI is InChI=1S/3C6H2Cl4/c7-3-1-4(8)6(10)2-5(3)9;7-3-1-4(8)6(10)5(9)2-3;7-3-1-2-4(8)6(10)5(3)9/h3*1-2H. The fourth-order valence-corrected chi connectivity index (χ4v) is 3.96. The van der Waals surface area contributed by atoms with Gasteiger partial charge < -0.3 is 0 Å². The third-order valence-electron chi connectivity index (χ3n) is 2.90. The second kappa shape index (κ2) is 13.8.